The Morgan fingerprint density at radius 2 is 1.75 bits per heavy atom. The lowest BCUT2D eigenvalue weighted by Crippen LogP contribution is -2.35. The number of nitrogens with zero attached hydrogens (tertiary/aromatic N) is 1. The van der Waals surface area contributed by atoms with Crippen molar-refractivity contribution in [3.8, 4) is 0 Å². The first kappa shape index (κ1) is 20.6. The molecule has 1 amide bonds. The van der Waals surface area contributed by atoms with Gasteiger partial charge in [-0.3, -0.25) is 4.79 Å². The van der Waals surface area contributed by atoms with E-state index < -0.39 is 10.0 Å². The van der Waals surface area contributed by atoms with Crippen LogP contribution in [0.25, 0.3) is 0 Å². The second-order valence-corrected chi connectivity index (χ2v) is 9.17. The van der Waals surface area contributed by atoms with Crippen LogP contribution in [0, 0.1) is 0 Å². The van der Waals surface area contributed by atoms with E-state index in [0.717, 1.165) is 37.7 Å². The molecule has 1 aliphatic rings. The van der Waals surface area contributed by atoms with Gasteiger partial charge in [0, 0.05) is 18.8 Å². The van der Waals surface area contributed by atoms with E-state index >= 15 is 0 Å². The molecule has 1 saturated heterocycles. The second-order valence-electron chi connectivity index (χ2n) is 7.23. The van der Waals surface area contributed by atoms with Crippen LogP contribution in [0.1, 0.15) is 50.5 Å². The van der Waals surface area contributed by atoms with Gasteiger partial charge in [0.1, 0.15) is 0 Å². The quantitative estimate of drug-likeness (QED) is 0.750. The highest BCUT2D eigenvalue weighted by molar-refractivity contribution is 7.89. The summed E-state index contributed by atoms with van der Waals surface area (Å²) in [6, 6.07) is 16.3. The monoisotopic (exact) mass is 400 g/mol. The number of carbonyl (C=O) groups excluding carboxylic acids is 1. The largest absolute Gasteiger partial charge is 0.326 e. The normalized spacial score (nSPS) is 16.5. The fourth-order valence-electron chi connectivity index (χ4n) is 3.64. The molecule has 0 aliphatic carbocycles. The number of nitrogens with one attached hydrogen (secondary N) is 1. The molecule has 1 aliphatic heterocycles. The molecule has 2 aromatic carbocycles. The number of amides is 1. The predicted octanol–water partition coefficient (Wildman–Crippen LogP) is 4.38. The molecule has 1 atom stereocenters. The third-order valence-corrected chi connectivity index (χ3v) is 7.04. The number of anilines is 1. The molecule has 5 nitrogen and oxygen atoms in total. The third-order valence-electron chi connectivity index (χ3n) is 5.15. The van der Waals surface area contributed by atoms with Crippen molar-refractivity contribution in [3.63, 3.8) is 0 Å². The zero-order valence-electron chi connectivity index (χ0n) is 16.3. The summed E-state index contributed by atoms with van der Waals surface area (Å²) in [5, 5.41) is 2.92. The molecule has 0 spiro atoms. The molecule has 2 aromatic rings. The minimum absolute atomic E-state index is 0.111. The summed E-state index contributed by atoms with van der Waals surface area (Å²) in [6.07, 6.45) is 4.48. The van der Waals surface area contributed by atoms with Gasteiger partial charge >= 0.3 is 0 Å². The summed E-state index contributed by atoms with van der Waals surface area (Å²) in [5.74, 6) is -0.367. The summed E-state index contributed by atoms with van der Waals surface area (Å²) in [4.78, 5) is 13.1. The van der Waals surface area contributed by atoms with Gasteiger partial charge < -0.3 is 5.32 Å². The van der Waals surface area contributed by atoms with Crippen LogP contribution < -0.4 is 5.32 Å². The molecule has 0 radical (unpaired) electrons. The van der Waals surface area contributed by atoms with Crippen LogP contribution in [0.3, 0.4) is 0 Å². The van der Waals surface area contributed by atoms with Crippen LogP contribution in [-0.2, 0) is 14.8 Å². The van der Waals surface area contributed by atoms with Gasteiger partial charge in [0.2, 0.25) is 15.9 Å². The second kappa shape index (κ2) is 9.34. The SMILES string of the molecule is CCC[C@@H](C(=O)Nc1cccc(S(=O)(=O)N2CCCCC2)c1)c1ccccc1. The zero-order chi connectivity index (χ0) is 20.0. The molecular formula is C22H28N2O3S. The number of piperidine rings is 1. The van der Waals surface area contributed by atoms with Crippen LogP contribution in [0.4, 0.5) is 5.69 Å². The topological polar surface area (TPSA) is 66.5 Å². The molecule has 28 heavy (non-hydrogen) atoms. The van der Waals surface area contributed by atoms with E-state index in [1.807, 2.05) is 30.3 Å². The van der Waals surface area contributed by atoms with E-state index in [4.69, 9.17) is 0 Å². The van der Waals surface area contributed by atoms with Crippen LogP contribution in [0.15, 0.2) is 59.5 Å². The van der Waals surface area contributed by atoms with Gasteiger partial charge in [-0.2, -0.15) is 4.31 Å². The molecule has 150 valence electrons. The zero-order valence-corrected chi connectivity index (χ0v) is 17.1. The van der Waals surface area contributed by atoms with E-state index in [1.54, 1.807) is 28.6 Å². The molecule has 0 saturated carbocycles. The Labute approximate surface area is 167 Å². The Balaban J connectivity index is 1.79. The maximum atomic E-state index is 12.9. The smallest absolute Gasteiger partial charge is 0.243 e. The number of hydrogen-bond donors (Lipinski definition) is 1. The number of rotatable bonds is 7. The number of carbonyl (C=O) groups is 1. The van der Waals surface area contributed by atoms with Gasteiger partial charge in [0.05, 0.1) is 10.8 Å². The lowest BCUT2D eigenvalue weighted by molar-refractivity contribution is -0.117. The average Bonchev–Trinajstić information content (AvgIpc) is 2.73. The number of benzene rings is 2. The molecule has 1 fully saturated rings. The van der Waals surface area contributed by atoms with E-state index in [9.17, 15) is 13.2 Å². The lowest BCUT2D eigenvalue weighted by atomic mass is 9.93. The van der Waals surface area contributed by atoms with Crippen molar-refractivity contribution in [3.05, 3.63) is 60.2 Å². The van der Waals surface area contributed by atoms with Gasteiger partial charge in [0.15, 0.2) is 0 Å². The molecule has 0 bridgehead atoms. The van der Waals surface area contributed by atoms with E-state index in [-0.39, 0.29) is 16.7 Å². The minimum Gasteiger partial charge on any atom is -0.326 e. The molecule has 1 N–H and O–H groups in total. The van der Waals surface area contributed by atoms with Gasteiger partial charge in [-0.1, -0.05) is 56.2 Å². The van der Waals surface area contributed by atoms with Crippen molar-refractivity contribution in [2.45, 2.75) is 49.8 Å². The van der Waals surface area contributed by atoms with Crippen molar-refractivity contribution < 1.29 is 13.2 Å². The molecular weight excluding hydrogens is 372 g/mol. The highest BCUT2D eigenvalue weighted by Gasteiger charge is 2.26. The third kappa shape index (κ3) is 4.80. The standard InChI is InChI=1S/C22H28N2O3S/c1-2-10-21(18-11-5-3-6-12-18)22(25)23-19-13-9-14-20(17-19)28(26,27)24-15-7-4-8-16-24/h3,5-6,9,11-14,17,21H,2,4,7-8,10,15-16H2,1H3,(H,23,25)/t21-/m1/s1. The number of hydrogen-bond acceptors (Lipinski definition) is 3. The molecule has 0 aromatic heterocycles. The predicted molar refractivity (Wildman–Crippen MR) is 112 cm³/mol. The van der Waals surface area contributed by atoms with Crippen LogP contribution >= 0.6 is 0 Å². The maximum absolute atomic E-state index is 12.9. The molecule has 6 heteroatoms. The Morgan fingerprint density at radius 1 is 1.04 bits per heavy atom. The first-order chi connectivity index (χ1) is 13.5. The van der Waals surface area contributed by atoms with Crippen LogP contribution in [-0.4, -0.2) is 31.7 Å². The van der Waals surface area contributed by atoms with Gasteiger partial charge in [-0.25, -0.2) is 8.42 Å². The first-order valence-corrected chi connectivity index (χ1v) is 11.4. The van der Waals surface area contributed by atoms with Crippen molar-refractivity contribution in [1.29, 1.82) is 0 Å². The van der Waals surface area contributed by atoms with E-state index in [2.05, 4.69) is 12.2 Å². The van der Waals surface area contributed by atoms with Gasteiger partial charge in [-0.15, -0.1) is 0 Å². The fraction of sp³-hybridized carbons (Fsp3) is 0.409. The van der Waals surface area contributed by atoms with Gasteiger partial charge in [-0.05, 0) is 43.0 Å². The number of sulfonamides is 1. The van der Waals surface area contributed by atoms with E-state index in [0.29, 0.717) is 18.8 Å². The highest BCUT2D eigenvalue weighted by Crippen LogP contribution is 2.26. The summed E-state index contributed by atoms with van der Waals surface area (Å²) < 4.78 is 27.3. The summed E-state index contributed by atoms with van der Waals surface area (Å²) in [5.41, 5.74) is 1.49. The summed E-state index contributed by atoms with van der Waals surface area (Å²) in [6.45, 7) is 3.17. The Bertz CT molecular complexity index is 891. The van der Waals surface area contributed by atoms with Crippen LogP contribution in [0.2, 0.25) is 0 Å². The van der Waals surface area contributed by atoms with Crippen LogP contribution in [0.5, 0.6) is 0 Å². The van der Waals surface area contributed by atoms with E-state index in [1.165, 1.54) is 0 Å². The maximum Gasteiger partial charge on any atom is 0.243 e. The van der Waals surface area contributed by atoms with Gasteiger partial charge in [0.25, 0.3) is 0 Å². The molecule has 1 heterocycles. The summed E-state index contributed by atoms with van der Waals surface area (Å²) in [7, 11) is -3.52. The van der Waals surface area contributed by atoms with Crippen molar-refractivity contribution in [1.82, 2.24) is 4.31 Å². The Hall–Kier alpha value is -2.18. The summed E-state index contributed by atoms with van der Waals surface area (Å²) >= 11 is 0. The first-order valence-electron chi connectivity index (χ1n) is 9.98. The Kier molecular flexibility index (Phi) is 6.86. The van der Waals surface area contributed by atoms with Crippen molar-refractivity contribution >= 4 is 21.6 Å². The highest BCUT2D eigenvalue weighted by atomic mass is 32.2. The molecule has 0 unspecified atom stereocenters. The average molecular weight is 401 g/mol. The lowest BCUT2D eigenvalue weighted by Gasteiger charge is -2.26. The fourth-order valence-corrected chi connectivity index (χ4v) is 5.20. The van der Waals surface area contributed by atoms with Crippen molar-refractivity contribution in [2.24, 2.45) is 0 Å². The van der Waals surface area contributed by atoms with Crippen molar-refractivity contribution in [2.75, 3.05) is 18.4 Å². The molecule has 3 rings (SSSR count). The Morgan fingerprint density at radius 3 is 2.43 bits per heavy atom. The minimum atomic E-state index is -3.52.